The van der Waals surface area contributed by atoms with Gasteiger partial charge in [0.15, 0.2) is 11.5 Å². The predicted molar refractivity (Wildman–Crippen MR) is 146 cm³/mol. The number of thiocarbonyl (C=S) groups is 1. The molecular formula is C27H28BrClN2O2S. The van der Waals surface area contributed by atoms with Crippen LogP contribution in [0.15, 0.2) is 71.2 Å². The lowest BCUT2D eigenvalue weighted by Crippen LogP contribution is -2.48. The first-order valence-electron chi connectivity index (χ1n) is 11.4. The first kappa shape index (κ1) is 25.0. The van der Waals surface area contributed by atoms with Crippen LogP contribution in [0.4, 0.5) is 0 Å². The van der Waals surface area contributed by atoms with Crippen molar-refractivity contribution < 1.29 is 9.47 Å². The summed E-state index contributed by atoms with van der Waals surface area (Å²) in [6.07, 6.45) is 0. The molecule has 34 heavy (non-hydrogen) atoms. The summed E-state index contributed by atoms with van der Waals surface area (Å²) in [5.41, 5.74) is 3.30. The monoisotopic (exact) mass is 558 g/mol. The number of benzene rings is 3. The summed E-state index contributed by atoms with van der Waals surface area (Å²) in [4.78, 5) is 5.59. The van der Waals surface area contributed by atoms with Gasteiger partial charge in [0.1, 0.15) is 11.6 Å². The fourth-order valence-corrected chi connectivity index (χ4v) is 5.08. The molecule has 7 heteroatoms. The van der Waals surface area contributed by atoms with Crippen molar-refractivity contribution in [2.45, 2.75) is 20.1 Å². The molecule has 0 saturated carbocycles. The smallest absolute Gasteiger partial charge is 0.175 e. The molecule has 3 aromatic carbocycles. The molecule has 178 valence electrons. The number of nitrogens with zero attached hydrogens (tertiary/aromatic N) is 2. The quantitative estimate of drug-likeness (QED) is 0.291. The van der Waals surface area contributed by atoms with Crippen LogP contribution >= 0.6 is 39.7 Å². The third kappa shape index (κ3) is 6.51. The molecule has 0 amide bonds. The van der Waals surface area contributed by atoms with Gasteiger partial charge in [-0.2, -0.15) is 0 Å². The maximum Gasteiger partial charge on any atom is 0.175 e. The van der Waals surface area contributed by atoms with Gasteiger partial charge in [-0.25, -0.2) is 0 Å². The van der Waals surface area contributed by atoms with E-state index in [4.69, 9.17) is 33.3 Å². The van der Waals surface area contributed by atoms with E-state index in [1.807, 2.05) is 43.3 Å². The van der Waals surface area contributed by atoms with E-state index < -0.39 is 0 Å². The number of piperazine rings is 1. The SMILES string of the molecule is CCOc1cc(C(=S)N2CCN(Cc3ccccc3)CC2)cc(Br)c1OCc1cccc(Cl)c1. The third-order valence-electron chi connectivity index (χ3n) is 5.74. The van der Waals surface area contributed by atoms with Gasteiger partial charge >= 0.3 is 0 Å². The third-order valence-corrected chi connectivity index (χ3v) is 7.06. The molecule has 3 aromatic rings. The lowest BCUT2D eigenvalue weighted by molar-refractivity contribution is 0.177. The highest BCUT2D eigenvalue weighted by molar-refractivity contribution is 9.10. The van der Waals surface area contributed by atoms with Crippen LogP contribution in [0, 0.1) is 0 Å². The Balaban J connectivity index is 1.42. The minimum Gasteiger partial charge on any atom is -0.490 e. The summed E-state index contributed by atoms with van der Waals surface area (Å²) in [7, 11) is 0. The van der Waals surface area contributed by atoms with Crippen molar-refractivity contribution in [3.8, 4) is 11.5 Å². The molecule has 0 radical (unpaired) electrons. The van der Waals surface area contributed by atoms with Gasteiger partial charge in [-0.3, -0.25) is 4.90 Å². The van der Waals surface area contributed by atoms with Crippen molar-refractivity contribution in [1.29, 1.82) is 0 Å². The minimum absolute atomic E-state index is 0.395. The maximum atomic E-state index is 6.12. The fourth-order valence-electron chi connectivity index (χ4n) is 4.01. The molecule has 4 nitrogen and oxygen atoms in total. The van der Waals surface area contributed by atoms with E-state index >= 15 is 0 Å². The number of rotatable bonds is 8. The van der Waals surface area contributed by atoms with E-state index in [1.165, 1.54) is 5.56 Å². The lowest BCUT2D eigenvalue weighted by atomic mass is 10.1. The molecule has 4 rings (SSSR count). The summed E-state index contributed by atoms with van der Waals surface area (Å²) in [5, 5.41) is 0.690. The van der Waals surface area contributed by atoms with Crippen LogP contribution in [-0.2, 0) is 13.2 Å². The molecule has 1 aliphatic rings. The Bertz CT molecular complexity index is 1120. The van der Waals surface area contributed by atoms with Gasteiger partial charge in [0.25, 0.3) is 0 Å². The molecule has 0 aliphatic carbocycles. The highest BCUT2D eigenvalue weighted by atomic mass is 79.9. The van der Waals surface area contributed by atoms with Crippen molar-refractivity contribution in [3.63, 3.8) is 0 Å². The molecular weight excluding hydrogens is 532 g/mol. The average molecular weight is 560 g/mol. The molecule has 1 heterocycles. The number of ether oxygens (including phenoxy) is 2. The van der Waals surface area contributed by atoms with Crippen molar-refractivity contribution >= 4 is 44.7 Å². The normalized spacial score (nSPS) is 14.1. The summed E-state index contributed by atoms with van der Waals surface area (Å²) in [6, 6.07) is 22.3. The van der Waals surface area contributed by atoms with Gasteiger partial charge < -0.3 is 14.4 Å². The van der Waals surface area contributed by atoms with Crippen molar-refractivity contribution in [2.24, 2.45) is 0 Å². The Morgan fingerprint density at radius 2 is 1.68 bits per heavy atom. The van der Waals surface area contributed by atoms with Gasteiger partial charge in [-0.05, 0) is 58.2 Å². The van der Waals surface area contributed by atoms with Crippen LogP contribution in [0.25, 0.3) is 0 Å². The van der Waals surface area contributed by atoms with E-state index in [0.29, 0.717) is 29.7 Å². The van der Waals surface area contributed by atoms with Crippen LogP contribution < -0.4 is 9.47 Å². The standard InChI is InChI=1S/C27H28BrClN2O2S/c1-2-32-25-17-22(16-24(28)26(25)33-19-21-9-6-10-23(29)15-21)27(34)31-13-11-30(12-14-31)18-20-7-4-3-5-8-20/h3-10,15-17H,2,11-14,18-19H2,1H3. The first-order valence-corrected chi connectivity index (χ1v) is 13.0. The van der Waals surface area contributed by atoms with Gasteiger partial charge in [0, 0.05) is 43.3 Å². The van der Waals surface area contributed by atoms with Gasteiger partial charge in [0.2, 0.25) is 0 Å². The average Bonchev–Trinajstić information content (AvgIpc) is 2.84. The van der Waals surface area contributed by atoms with Gasteiger partial charge in [-0.15, -0.1) is 0 Å². The van der Waals surface area contributed by atoms with Crippen LogP contribution in [0.1, 0.15) is 23.6 Å². The Hall–Kier alpha value is -2.12. The van der Waals surface area contributed by atoms with Crippen molar-refractivity contribution in [2.75, 3.05) is 32.8 Å². The minimum atomic E-state index is 0.395. The Morgan fingerprint density at radius 3 is 2.38 bits per heavy atom. The zero-order valence-electron chi connectivity index (χ0n) is 19.2. The lowest BCUT2D eigenvalue weighted by Gasteiger charge is -2.36. The largest absolute Gasteiger partial charge is 0.490 e. The van der Waals surface area contributed by atoms with Crippen LogP contribution in [0.5, 0.6) is 11.5 Å². The van der Waals surface area contributed by atoms with E-state index in [2.05, 4.69) is 56.1 Å². The van der Waals surface area contributed by atoms with Crippen LogP contribution in [0.3, 0.4) is 0 Å². The zero-order chi connectivity index (χ0) is 23.9. The Kier molecular flexibility index (Phi) is 8.84. The van der Waals surface area contributed by atoms with Gasteiger partial charge in [0.05, 0.1) is 11.1 Å². The first-order chi connectivity index (χ1) is 16.5. The highest BCUT2D eigenvalue weighted by Crippen LogP contribution is 2.38. The molecule has 0 aromatic heterocycles. The Labute approximate surface area is 220 Å². The van der Waals surface area contributed by atoms with E-state index in [1.54, 1.807) is 0 Å². The topological polar surface area (TPSA) is 24.9 Å². The van der Waals surface area contributed by atoms with Crippen molar-refractivity contribution in [1.82, 2.24) is 9.80 Å². The van der Waals surface area contributed by atoms with Crippen LogP contribution in [-0.4, -0.2) is 47.6 Å². The van der Waals surface area contributed by atoms with E-state index in [9.17, 15) is 0 Å². The second kappa shape index (κ2) is 12.0. The van der Waals surface area contributed by atoms with Gasteiger partial charge in [-0.1, -0.05) is 66.3 Å². The number of hydrogen-bond donors (Lipinski definition) is 0. The molecule has 0 unspecified atom stereocenters. The summed E-state index contributed by atoms with van der Waals surface area (Å²) < 4.78 is 12.9. The molecule has 1 fully saturated rings. The van der Waals surface area contributed by atoms with Crippen molar-refractivity contribution in [3.05, 3.63) is 92.9 Å². The number of hydrogen-bond acceptors (Lipinski definition) is 4. The fraction of sp³-hybridized carbons (Fsp3) is 0.296. The number of halogens is 2. The molecule has 0 N–H and O–H groups in total. The molecule has 1 saturated heterocycles. The Morgan fingerprint density at radius 1 is 0.941 bits per heavy atom. The molecule has 0 spiro atoms. The summed E-state index contributed by atoms with van der Waals surface area (Å²) >= 11 is 15.7. The molecule has 1 aliphatic heterocycles. The summed E-state index contributed by atoms with van der Waals surface area (Å²) in [5.74, 6) is 1.35. The van der Waals surface area contributed by atoms with E-state index in [-0.39, 0.29) is 0 Å². The second-order valence-corrected chi connectivity index (χ2v) is 9.87. The van der Waals surface area contributed by atoms with E-state index in [0.717, 1.165) is 53.3 Å². The highest BCUT2D eigenvalue weighted by Gasteiger charge is 2.22. The molecule has 0 atom stereocenters. The maximum absolute atomic E-state index is 6.12. The predicted octanol–water partition coefficient (Wildman–Crippen LogP) is 6.57. The zero-order valence-corrected chi connectivity index (χ0v) is 22.3. The van der Waals surface area contributed by atoms with Crippen LogP contribution in [0.2, 0.25) is 5.02 Å². The molecule has 0 bridgehead atoms. The second-order valence-electron chi connectivity index (χ2n) is 8.19. The summed E-state index contributed by atoms with van der Waals surface area (Å²) in [6.45, 7) is 7.64.